The summed E-state index contributed by atoms with van der Waals surface area (Å²) < 4.78 is 26.1. The molecule has 0 radical (unpaired) electrons. The summed E-state index contributed by atoms with van der Waals surface area (Å²) in [6.45, 7) is 5.38. The number of rotatable bonds is 5. The zero-order valence-electron chi connectivity index (χ0n) is 8.68. The largest absolute Gasteiger partial charge is 0.240 e. The van der Waals surface area contributed by atoms with Crippen molar-refractivity contribution < 1.29 is 8.42 Å². The van der Waals surface area contributed by atoms with Crippen LogP contribution in [0.5, 0.6) is 0 Å². The van der Waals surface area contributed by atoms with E-state index in [4.69, 9.17) is 0 Å². The smallest absolute Gasteiger partial charge is 0.208 e. The summed E-state index contributed by atoms with van der Waals surface area (Å²) in [5.41, 5.74) is 0. The first-order valence-electron chi connectivity index (χ1n) is 4.74. The van der Waals surface area contributed by atoms with Crippen LogP contribution in [0.1, 0.15) is 13.3 Å². The second-order valence-corrected chi connectivity index (χ2v) is 5.07. The molecule has 0 aliphatic heterocycles. The summed E-state index contributed by atoms with van der Waals surface area (Å²) in [5, 5.41) is 0. The van der Waals surface area contributed by atoms with E-state index in [2.05, 4.69) is 11.3 Å². The predicted molar refractivity (Wildman–Crippen MR) is 61.0 cm³/mol. The number of hydrogen-bond donors (Lipinski definition) is 1. The fourth-order valence-electron chi connectivity index (χ4n) is 1.23. The molecule has 1 rings (SSSR count). The van der Waals surface area contributed by atoms with Crippen molar-refractivity contribution in [3.05, 3.63) is 43.0 Å². The minimum atomic E-state index is -3.38. The van der Waals surface area contributed by atoms with Crippen LogP contribution < -0.4 is 4.72 Å². The molecule has 82 valence electrons. The van der Waals surface area contributed by atoms with Crippen LogP contribution in [0.25, 0.3) is 0 Å². The lowest BCUT2D eigenvalue weighted by Crippen LogP contribution is -2.32. The van der Waals surface area contributed by atoms with Crippen LogP contribution in [-0.4, -0.2) is 14.5 Å². The molecule has 3 nitrogen and oxygen atoms in total. The quantitative estimate of drug-likeness (QED) is 0.778. The molecule has 0 saturated carbocycles. The second-order valence-electron chi connectivity index (χ2n) is 3.36. The van der Waals surface area contributed by atoms with Crippen LogP contribution in [-0.2, 0) is 10.0 Å². The molecule has 0 aliphatic carbocycles. The Bertz CT molecular complexity index is 411. The molecule has 0 bridgehead atoms. The van der Waals surface area contributed by atoms with Gasteiger partial charge in [0.1, 0.15) is 0 Å². The first-order chi connectivity index (χ1) is 7.06. The average molecular weight is 225 g/mol. The van der Waals surface area contributed by atoms with Gasteiger partial charge in [-0.05, 0) is 25.5 Å². The van der Waals surface area contributed by atoms with Crippen molar-refractivity contribution in [1.29, 1.82) is 0 Å². The molecule has 0 heterocycles. The number of nitrogens with one attached hydrogen (secondary N) is 1. The molecule has 1 aromatic rings. The van der Waals surface area contributed by atoms with Crippen LogP contribution in [0.4, 0.5) is 0 Å². The first-order valence-corrected chi connectivity index (χ1v) is 6.23. The van der Waals surface area contributed by atoms with Crippen LogP contribution in [0.2, 0.25) is 0 Å². The molecule has 0 saturated heterocycles. The van der Waals surface area contributed by atoms with E-state index in [1.54, 1.807) is 36.4 Å². The van der Waals surface area contributed by atoms with E-state index < -0.39 is 10.0 Å². The average Bonchev–Trinajstić information content (AvgIpc) is 2.18. The highest BCUT2D eigenvalue weighted by Crippen LogP contribution is 2.08. The Morgan fingerprint density at radius 2 is 2.00 bits per heavy atom. The lowest BCUT2D eigenvalue weighted by Gasteiger charge is -2.11. The van der Waals surface area contributed by atoms with E-state index in [-0.39, 0.29) is 6.04 Å². The van der Waals surface area contributed by atoms with Crippen LogP contribution in [0.15, 0.2) is 47.9 Å². The summed E-state index contributed by atoms with van der Waals surface area (Å²) in [7, 11) is -3.38. The maximum Gasteiger partial charge on any atom is 0.240 e. The molecule has 4 heteroatoms. The van der Waals surface area contributed by atoms with E-state index in [1.165, 1.54) is 0 Å². The Labute approximate surface area is 90.9 Å². The van der Waals surface area contributed by atoms with Crippen LogP contribution >= 0.6 is 0 Å². The third kappa shape index (κ3) is 3.49. The maximum absolute atomic E-state index is 11.8. The summed E-state index contributed by atoms with van der Waals surface area (Å²) in [6, 6.07) is 8.20. The van der Waals surface area contributed by atoms with Crippen molar-refractivity contribution in [2.24, 2.45) is 0 Å². The zero-order valence-corrected chi connectivity index (χ0v) is 9.50. The SMILES string of the molecule is C=CCC(C)NS(=O)(=O)c1ccccc1. The van der Waals surface area contributed by atoms with E-state index in [0.717, 1.165) is 0 Å². The summed E-state index contributed by atoms with van der Waals surface area (Å²) >= 11 is 0. The lowest BCUT2D eigenvalue weighted by molar-refractivity contribution is 0.562. The number of sulfonamides is 1. The highest BCUT2D eigenvalue weighted by atomic mass is 32.2. The fraction of sp³-hybridized carbons (Fsp3) is 0.273. The van der Waals surface area contributed by atoms with Gasteiger partial charge in [0.15, 0.2) is 0 Å². The van der Waals surface area contributed by atoms with Crippen molar-refractivity contribution in [3.8, 4) is 0 Å². The molecule has 1 unspecified atom stereocenters. The fourth-order valence-corrected chi connectivity index (χ4v) is 2.51. The van der Waals surface area contributed by atoms with E-state index >= 15 is 0 Å². The number of hydrogen-bond acceptors (Lipinski definition) is 2. The Morgan fingerprint density at radius 3 is 2.53 bits per heavy atom. The van der Waals surface area contributed by atoms with Gasteiger partial charge in [0.25, 0.3) is 0 Å². The Balaban J connectivity index is 2.81. The van der Waals surface area contributed by atoms with Gasteiger partial charge in [0.2, 0.25) is 10.0 Å². The minimum Gasteiger partial charge on any atom is -0.208 e. The summed E-state index contributed by atoms with van der Waals surface area (Å²) in [6.07, 6.45) is 2.31. The topological polar surface area (TPSA) is 46.2 Å². The van der Waals surface area contributed by atoms with Crippen LogP contribution in [0.3, 0.4) is 0 Å². The molecule has 0 amide bonds. The molecule has 0 aliphatic rings. The Morgan fingerprint density at radius 1 is 1.40 bits per heavy atom. The van der Waals surface area contributed by atoms with Gasteiger partial charge in [-0.25, -0.2) is 13.1 Å². The highest BCUT2D eigenvalue weighted by Gasteiger charge is 2.15. The Hall–Kier alpha value is -1.13. The maximum atomic E-state index is 11.8. The monoisotopic (exact) mass is 225 g/mol. The van der Waals surface area contributed by atoms with Gasteiger partial charge in [-0.2, -0.15) is 0 Å². The first kappa shape index (κ1) is 11.9. The summed E-state index contributed by atoms with van der Waals surface area (Å²) in [4.78, 5) is 0.293. The molecular formula is C11H15NO2S. The number of benzene rings is 1. The highest BCUT2D eigenvalue weighted by molar-refractivity contribution is 7.89. The van der Waals surface area contributed by atoms with Crippen molar-refractivity contribution in [1.82, 2.24) is 4.72 Å². The van der Waals surface area contributed by atoms with Gasteiger partial charge in [-0.1, -0.05) is 24.3 Å². The van der Waals surface area contributed by atoms with E-state index in [9.17, 15) is 8.42 Å². The molecule has 0 spiro atoms. The van der Waals surface area contributed by atoms with Crippen molar-refractivity contribution >= 4 is 10.0 Å². The van der Waals surface area contributed by atoms with Gasteiger partial charge >= 0.3 is 0 Å². The predicted octanol–water partition coefficient (Wildman–Crippen LogP) is 1.93. The molecular weight excluding hydrogens is 210 g/mol. The van der Waals surface area contributed by atoms with Crippen molar-refractivity contribution in [3.63, 3.8) is 0 Å². The second kappa shape index (κ2) is 5.09. The third-order valence-corrected chi connectivity index (χ3v) is 3.54. The molecule has 1 N–H and O–H groups in total. The molecule has 15 heavy (non-hydrogen) atoms. The van der Waals surface area contributed by atoms with Gasteiger partial charge in [-0.15, -0.1) is 6.58 Å². The van der Waals surface area contributed by atoms with Crippen LogP contribution in [0, 0.1) is 0 Å². The normalized spacial score (nSPS) is 13.4. The molecule has 0 fully saturated rings. The van der Waals surface area contributed by atoms with E-state index in [0.29, 0.717) is 11.3 Å². The molecule has 1 atom stereocenters. The minimum absolute atomic E-state index is 0.132. The lowest BCUT2D eigenvalue weighted by atomic mass is 10.3. The van der Waals surface area contributed by atoms with E-state index in [1.807, 2.05) is 6.92 Å². The summed E-state index contributed by atoms with van der Waals surface area (Å²) in [5.74, 6) is 0. The molecule has 0 aromatic heterocycles. The van der Waals surface area contributed by atoms with Gasteiger partial charge in [0.05, 0.1) is 4.90 Å². The molecule has 1 aromatic carbocycles. The van der Waals surface area contributed by atoms with Gasteiger partial charge in [-0.3, -0.25) is 0 Å². The van der Waals surface area contributed by atoms with Crippen molar-refractivity contribution in [2.75, 3.05) is 0 Å². The van der Waals surface area contributed by atoms with Gasteiger partial charge < -0.3 is 0 Å². The van der Waals surface area contributed by atoms with Crippen molar-refractivity contribution in [2.45, 2.75) is 24.3 Å². The third-order valence-electron chi connectivity index (χ3n) is 1.93. The Kier molecular flexibility index (Phi) is 4.05. The zero-order chi connectivity index (χ0) is 11.3. The standard InChI is InChI=1S/C11H15NO2S/c1-3-7-10(2)12-15(13,14)11-8-5-4-6-9-11/h3-6,8-10,12H,1,7H2,2H3. The van der Waals surface area contributed by atoms with Gasteiger partial charge in [0, 0.05) is 6.04 Å².